The van der Waals surface area contributed by atoms with Crippen molar-refractivity contribution >= 4 is 22.4 Å². The monoisotopic (exact) mass is 254 g/mol. The summed E-state index contributed by atoms with van der Waals surface area (Å²) >= 11 is 1.55. The van der Waals surface area contributed by atoms with E-state index in [1.165, 1.54) is 6.42 Å². The zero-order chi connectivity index (χ0) is 12.4. The highest BCUT2D eigenvalue weighted by molar-refractivity contribution is 7.13. The summed E-state index contributed by atoms with van der Waals surface area (Å²) in [7, 11) is 0. The predicted molar refractivity (Wildman–Crippen MR) is 68.6 cm³/mol. The summed E-state index contributed by atoms with van der Waals surface area (Å²) in [4.78, 5) is 17.3. The summed E-state index contributed by atoms with van der Waals surface area (Å²) in [5.74, 6) is 0.628. The Kier molecular flexibility index (Phi) is 3.66. The fraction of sp³-hybridized carbons (Fsp3) is 0.667. The van der Waals surface area contributed by atoms with Crippen molar-refractivity contribution in [3.8, 4) is 0 Å². The number of thiazole rings is 1. The van der Waals surface area contributed by atoms with Gasteiger partial charge in [0.2, 0.25) is 0 Å². The Hall–Kier alpha value is -1.10. The van der Waals surface area contributed by atoms with Gasteiger partial charge in [-0.25, -0.2) is 4.98 Å². The third-order valence-electron chi connectivity index (χ3n) is 3.48. The van der Waals surface area contributed by atoms with Gasteiger partial charge in [0, 0.05) is 18.5 Å². The lowest BCUT2D eigenvalue weighted by atomic mass is 9.89. The van der Waals surface area contributed by atoms with E-state index in [4.69, 9.17) is 5.11 Å². The van der Waals surface area contributed by atoms with Crippen LogP contribution < -0.4 is 4.90 Å². The normalized spacial score (nSPS) is 24.9. The Morgan fingerprint density at radius 1 is 1.59 bits per heavy atom. The maximum absolute atomic E-state index is 10.6. The van der Waals surface area contributed by atoms with E-state index in [2.05, 4.69) is 23.7 Å². The topological polar surface area (TPSA) is 53.4 Å². The summed E-state index contributed by atoms with van der Waals surface area (Å²) in [5, 5.41) is 11.5. The van der Waals surface area contributed by atoms with Crippen LogP contribution in [0.15, 0.2) is 5.38 Å². The number of anilines is 1. The summed E-state index contributed by atoms with van der Waals surface area (Å²) in [6, 6.07) is 0. The van der Waals surface area contributed by atoms with Gasteiger partial charge < -0.3 is 10.0 Å². The van der Waals surface area contributed by atoms with E-state index in [9.17, 15) is 4.79 Å². The van der Waals surface area contributed by atoms with Gasteiger partial charge in [-0.15, -0.1) is 11.3 Å². The first-order chi connectivity index (χ1) is 8.06. The number of aromatic nitrogens is 1. The second-order valence-electron chi connectivity index (χ2n) is 4.88. The Morgan fingerprint density at radius 3 is 3.00 bits per heavy atom. The molecule has 1 aromatic rings. The molecule has 1 saturated heterocycles. The quantitative estimate of drug-likeness (QED) is 0.899. The molecule has 1 N–H and O–H groups in total. The van der Waals surface area contributed by atoms with Gasteiger partial charge in [-0.1, -0.05) is 13.8 Å². The number of hydrogen-bond donors (Lipinski definition) is 1. The van der Waals surface area contributed by atoms with Crippen LogP contribution in [-0.4, -0.2) is 29.1 Å². The standard InChI is InChI=1S/C12H18N2O2S/c1-8-3-4-14(6-9(8)2)12-13-10(7-17-12)5-11(15)16/h7-9H,3-6H2,1-2H3,(H,15,16). The molecule has 94 valence electrons. The lowest BCUT2D eigenvalue weighted by molar-refractivity contribution is -0.136. The number of carboxylic acid groups (broad SMARTS) is 1. The van der Waals surface area contributed by atoms with E-state index >= 15 is 0 Å². The highest BCUT2D eigenvalue weighted by atomic mass is 32.1. The fourth-order valence-corrected chi connectivity index (χ4v) is 2.98. The number of aliphatic carboxylic acids is 1. The first-order valence-electron chi connectivity index (χ1n) is 5.97. The van der Waals surface area contributed by atoms with Crippen LogP contribution in [-0.2, 0) is 11.2 Å². The Labute approximate surface area is 105 Å². The van der Waals surface area contributed by atoms with Crippen molar-refractivity contribution in [3.05, 3.63) is 11.1 Å². The first-order valence-corrected chi connectivity index (χ1v) is 6.85. The molecule has 1 aliphatic heterocycles. The van der Waals surface area contributed by atoms with Crippen molar-refractivity contribution in [2.45, 2.75) is 26.7 Å². The average molecular weight is 254 g/mol. The van der Waals surface area contributed by atoms with Crippen molar-refractivity contribution in [1.29, 1.82) is 0 Å². The average Bonchev–Trinajstić information content (AvgIpc) is 2.69. The molecule has 0 radical (unpaired) electrons. The minimum absolute atomic E-state index is 0.0241. The summed E-state index contributed by atoms with van der Waals surface area (Å²) in [5.41, 5.74) is 0.670. The van der Waals surface area contributed by atoms with Crippen LogP contribution in [0.5, 0.6) is 0 Å². The van der Waals surface area contributed by atoms with Crippen LogP contribution in [0.25, 0.3) is 0 Å². The minimum atomic E-state index is -0.817. The Morgan fingerprint density at radius 2 is 2.35 bits per heavy atom. The predicted octanol–water partition coefficient (Wildman–Crippen LogP) is 2.25. The van der Waals surface area contributed by atoms with Crippen LogP contribution in [0.2, 0.25) is 0 Å². The minimum Gasteiger partial charge on any atom is -0.481 e. The zero-order valence-corrected chi connectivity index (χ0v) is 11.0. The fourth-order valence-electron chi connectivity index (χ4n) is 2.11. The van der Waals surface area contributed by atoms with Crippen LogP contribution >= 0.6 is 11.3 Å². The molecule has 2 atom stereocenters. The molecule has 2 rings (SSSR count). The number of carboxylic acids is 1. The van der Waals surface area contributed by atoms with Crippen molar-refractivity contribution in [3.63, 3.8) is 0 Å². The van der Waals surface area contributed by atoms with E-state index < -0.39 is 5.97 Å². The Balaban J connectivity index is 2.02. The molecular formula is C12H18N2O2S. The van der Waals surface area contributed by atoms with E-state index in [1.807, 2.05) is 5.38 Å². The van der Waals surface area contributed by atoms with Gasteiger partial charge in [0.25, 0.3) is 0 Å². The van der Waals surface area contributed by atoms with Crippen molar-refractivity contribution in [2.75, 3.05) is 18.0 Å². The van der Waals surface area contributed by atoms with Crippen LogP contribution in [0.1, 0.15) is 26.0 Å². The van der Waals surface area contributed by atoms with Gasteiger partial charge in [-0.3, -0.25) is 4.79 Å². The van der Waals surface area contributed by atoms with E-state index in [-0.39, 0.29) is 6.42 Å². The lowest BCUT2D eigenvalue weighted by Gasteiger charge is -2.35. The van der Waals surface area contributed by atoms with Crippen molar-refractivity contribution in [1.82, 2.24) is 4.98 Å². The van der Waals surface area contributed by atoms with Gasteiger partial charge in [0.05, 0.1) is 12.1 Å². The summed E-state index contributed by atoms with van der Waals surface area (Å²) in [6.07, 6.45) is 1.21. The molecule has 5 heteroatoms. The smallest absolute Gasteiger partial charge is 0.309 e. The Bertz CT molecular complexity index is 405. The molecule has 0 bridgehead atoms. The zero-order valence-electron chi connectivity index (χ0n) is 10.2. The molecule has 17 heavy (non-hydrogen) atoms. The highest BCUT2D eigenvalue weighted by Gasteiger charge is 2.24. The van der Waals surface area contributed by atoms with Crippen LogP contribution in [0.4, 0.5) is 5.13 Å². The second-order valence-corrected chi connectivity index (χ2v) is 5.72. The molecule has 2 unspecified atom stereocenters. The molecule has 0 amide bonds. The third-order valence-corrected chi connectivity index (χ3v) is 4.43. The van der Waals surface area contributed by atoms with Gasteiger partial charge in [-0.2, -0.15) is 0 Å². The number of piperidine rings is 1. The van der Waals surface area contributed by atoms with Gasteiger partial charge in [-0.05, 0) is 18.3 Å². The van der Waals surface area contributed by atoms with E-state index in [0.29, 0.717) is 11.6 Å². The van der Waals surface area contributed by atoms with Crippen LogP contribution in [0.3, 0.4) is 0 Å². The van der Waals surface area contributed by atoms with E-state index in [0.717, 1.165) is 24.1 Å². The SMILES string of the molecule is CC1CCN(c2nc(CC(=O)O)cs2)CC1C. The van der Waals surface area contributed by atoms with E-state index in [1.54, 1.807) is 11.3 Å². The number of hydrogen-bond acceptors (Lipinski definition) is 4. The van der Waals surface area contributed by atoms with Crippen LogP contribution in [0, 0.1) is 11.8 Å². The molecule has 1 aromatic heterocycles. The molecular weight excluding hydrogens is 236 g/mol. The molecule has 0 saturated carbocycles. The third kappa shape index (κ3) is 2.97. The molecule has 1 aliphatic rings. The lowest BCUT2D eigenvalue weighted by Crippen LogP contribution is -2.38. The maximum atomic E-state index is 10.6. The highest BCUT2D eigenvalue weighted by Crippen LogP contribution is 2.29. The molecule has 0 aliphatic carbocycles. The van der Waals surface area contributed by atoms with Crippen molar-refractivity contribution < 1.29 is 9.90 Å². The first kappa shape index (κ1) is 12.4. The molecule has 0 spiro atoms. The molecule has 0 aromatic carbocycles. The summed E-state index contributed by atoms with van der Waals surface area (Å²) in [6.45, 7) is 6.62. The number of carbonyl (C=O) groups is 1. The maximum Gasteiger partial charge on any atom is 0.309 e. The van der Waals surface area contributed by atoms with Crippen molar-refractivity contribution in [2.24, 2.45) is 11.8 Å². The molecule has 2 heterocycles. The molecule has 1 fully saturated rings. The largest absolute Gasteiger partial charge is 0.481 e. The number of nitrogens with zero attached hydrogens (tertiary/aromatic N) is 2. The van der Waals surface area contributed by atoms with Gasteiger partial charge in [0.1, 0.15) is 0 Å². The van der Waals surface area contributed by atoms with Gasteiger partial charge in [0.15, 0.2) is 5.13 Å². The van der Waals surface area contributed by atoms with Gasteiger partial charge >= 0.3 is 5.97 Å². The molecule has 4 nitrogen and oxygen atoms in total. The second kappa shape index (κ2) is 5.04. The summed E-state index contributed by atoms with van der Waals surface area (Å²) < 4.78 is 0. The number of rotatable bonds is 3.